The lowest BCUT2D eigenvalue weighted by atomic mass is 9.96. The fourth-order valence-electron chi connectivity index (χ4n) is 3.81. The molecule has 136 valence electrons. The van der Waals surface area contributed by atoms with Crippen LogP contribution in [0.2, 0.25) is 0 Å². The van der Waals surface area contributed by atoms with Gasteiger partial charge in [0, 0.05) is 39.0 Å². The number of thiocarbonyl (C=S) groups is 1. The maximum atomic E-state index is 12.8. The third-order valence-corrected chi connectivity index (χ3v) is 5.66. The molecule has 1 spiro atoms. The van der Waals surface area contributed by atoms with Crippen LogP contribution in [0.15, 0.2) is 30.3 Å². The summed E-state index contributed by atoms with van der Waals surface area (Å²) in [5.74, 6) is 0.195. The Hall–Kier alpha value is -1.66. The van der Waals surface area contributed by atoms with Crippen molar-refractivity contribution < 1.29 is 4.79 Å². The second-order valence-electron chi connectivity index (χ2n) is 7.41. The lowest BCUT2D eigenvalue weighted by Gasteiger charge is -2.44. The van der Waals surface area contributed by atoms with E-state index in [4.69, 9.17) is 12.2 Å². The molecule has 0 aromatic heterocycles. The molecular weight excluding hydrogens is 332 g/mol. The van der Waals surface area contributed by atoms with Crippen LogP contribution in [0, 0.1) is 0 Å². The maximum Gasteiger partial charge on any atom is 0.241 e. The Morgan fingerprint density at radius 2 is 1.96 bits per heavy atom. The smallest absolute Gasteiger partial charge is 0.241 e. The van der Waals surface area contributed by atoms with Gasteiger partial charge in [0.2, 0.25) is 5.91 Å². The molecule has 25 heavy (non-hydrogen) atoms. The summed E-state index contributed by atoms with van der Waals surface area (Å²) in [5.41, 5.74) is 0.957. The van der Waals surface area contributed by atoms with E-state index in [1.807, 2.05) is 30.1 Å². The lowest BCUT2D eigenvalue weighted by molar-refractivity contribution is -0.131. The molecule has 2 aliphatic heterocycles. The maximum absolute atomic E-state index is 12.8. The first kappa shape index (κ1) is 18.1. The first-order valence-electron chi connectivity index (χ1n) is 9.06. The van der Waals surface area contributed by atoms with Crippen LogP contribution in [0.4, 0.5) is 0 Å². The third-order valence-electron chi connectivity index (χ3n) is 5.29. The normalized spacial score (nSPS) is 22.7. The molecule has 0 aliphatic carbocycles. The van der Waals surface area contributed by atoms with Gasteiger partial charge in [0.05, 0.1) is 11.7 Å². The molecule has 0 saturated carbocycles. The summed E-state index contributed by atoms with van der Waals surface area (Å²) in [5, 5.41) is 7.77. The Bertz CT molecular complexity index is 626. The predicted octanol–water partition coefficient (Wildman–Crippen LogP) is 1.73. The Kier molecular flexibility index (Phi) is 5.29. The van der Waals surface area contributed by atoms with Crippen molar-refractivity contribution in [2.75, 3.05) is 20.1 Å². The lowest BCUT2D eigenvalue weighted by Crippen LogP contribution is -2.59. The van der Waals surface area contributed by atoms with Crippen molar-refractivity contribution in [3.8, 4) is 0 Å². The number of carbonyl (C=O) groups excluding carboxylic acids is 1. The summed E-state index contributed by atoms with van der Waals surface area (Å²) in [6, 6.07) is 10.4. The zero-order valence-corrected chi connectivity index (χ0v) is 16.1. The van der Waals surface area contributed by atoms with E-state index in [1.165, 1.54) is 5.56 Å². The number of nitrogens with zero attached hydrogens (tertiary/aromatic N) is 2. The van der Waals surface area contributed by atoms with Crippen molar-refractivity contribution >= 4 is 23.2 Å². The standard InChI is InChI=1S/C19H28N4OS/c1-14(2)20-18(25)23-11-9-19(10-12-23)21-16(17(24)22(19)3)13-15-7-5-4-6-8-15/h4-8,14,16,21H,9-13H2,1-3H3,(H,20,25). The van der Waals surface area contributed by atoms with Gasteiger partial charge in [0.25, 0.3) is 0 Å². The van der Waals surface area contributed by atoms with E-state index in [2.05, 4.69) is 41.5 Å². The van der Waals surface area contributed by atoms with Crippen LogP contribution in [-0.4, -0.2) is 58.7 Å². The highest BCUT2D eigenvalue weighted by Crippen LogP contribution is 2.32. The molecule has 6 heteroatoms. The molecule has 2 N–H and O–H groups in total. The van der Waals surface area contributed by atoms with Gasteiger partial charge in [-0.2, -0.15) is 0 Å². The first-order chi connectivity index (χ1) is 11.9. The monoisotopic (exact) mass is 360 g/mol. The summed E-state index contributed by atoms with van der Waals surface area (Å²) >= 11 is 5.49. The summed E-state index contributed by atoms with van der Waals surface area (Å²) in [6.07, 6.45) is 2.52. The number of hydrogen-bond donors (Lipinski definition) is 2. The SMILES string of the molecule is CC(C)NC(=S)N1CCC2(CC1)NC(Cc1ccccc1)C(=O)N2C. The van der Waals surface area contributed by atoms with Crippen LogP contribution in [0.1, 0.15) is 32.3 Å². The predicted molar refractivity (Wildman–Crippen MR) is 104 cm³/mol. The number of piperidine rings is 1. The van der Waals surface area contributed by atoms with Gasteiger partial charge in [-0.05, 0) is 38.0 Å². The first-order valence-corrected chi connectivity index (χ1v) is 9.47. The zero-order valence-electron chi connectivity index (χ0n) is 15.3. The van der Waals surface area contributed by atoms with Gasteiger partial charge in [0.1, 0.15) is 0 Å². The molecule has 1 atom stereocenters. The van der Waals surface area contributed by atoms with Gasteiger partial charge < -0.3 is 15.1 Å². The average Bonchev–Trinajstić information content (AvgIpc) is 2.81. The minimum Gasteiger partial charge on any atom is -0.360 e. The van der Waals surface area contributed by atoms with Crippen molar-refractivity contribution in [3.05, 3.63) is 35.9 Å². The van der Waals surface area contributed by atoms with Crippen molar-refractivity contribution in [1.29, 1.82) is 0 Å². The van der Waals surface area contributed by atoms with Crippen LogP contribution in [-0.2, 0) is 11.2 Å². The molecule has 1 amide bonds. The van der Waals surface area contributed by atoms with Crippen LogP contribution >= 0.6 is 12.2 Å². The van der Waals surface area contributed by atoms with Crippen molar-refractivity contribution in [2.24, 2.45) is 0 Å². The average molecular weight is 361 g/mol. The molecule has 5 nitrogen and oxygen atoms in total. The number of likely N-dealkylation sites (N-methyl/N-ethyl adjacent to an activating group) is 1. The largest absolute Gasteiger partial charge is 0.360 e. The fourth-order valence-corrected chi connectivity index (χ4v) is 4.23. The van der Waals surface area contributed by atoms with E-state index in [0.717, 1.165) is 37.5 Å². The minimum atomic E-state index is -0.236. The van der Waals surface area contributed by atoms with E-state index in [9.17, 15) is 4.79 Å². The van der Waals surface area contributed by atoms with Gasteiger partial charge >= 0.3 is 0 Å². The Balaban J connectivity index is 1.63. The van der Waals surface area contributed by atoms with E-state index in [1.54, 1.807) is 0 Å². The molecule has 2 fully saturated rings. The van der Waals surface area contributed by atoms with Crippen LogP contribution in [0.25, 0.3) is 0 Å². The quantitative estimate of drug-likeness (QED) is 0.804. The summed E-state index contributed by atoms with van der Waals surface area (Å²) in [6.45, 7) is 5.91. The Labute approximate surface area is 155 Å². The fraction of sp³-hybridized carbons (Fsp3) is 0.579. The number of benzene rings is 1. The van der Waals surface area contributed by atoms with Gasteiger partial charge in [0.15, 0.2) is 5.11 Å². The highest BCUT2D eigenvalue weighted by molar-refractivity contribution is 7.80. The topological polar surface area (TPSA) is 47.6 Å². The molecule has 3 rings (SSSR count). The molecule has 1 aromatic carbocycles. The highest BCUT2D eigenvalue weighted by Gasteiger charge is 2.49. The van der Waals surface area contributed by atoms with E-state index in [0.29, 0.717) is 6.04 Å². The van der Waals surface area contributed by atoms with Crippen LogP contribution in [0.5, 0.6) is 0 Å². The molecule has 2 aliphatic rings. The van der Waals surface area contributed by atoms with E-state index in [-0.39, 0.29) is 17.6 Å². The van der Waals surface area contributed by atoms with Crippen LogP contribution < -0.4 is 10.6 Å². The molecule has 2 saturated heterocycles. The second kappa shape index (κ2) is 7.30. The number of likely N-dealkylation sites (tertiary alicyclic amines) is 1. The van der Waals surface area contributed by atoms with E-state index >= 15 is 0 Å². The number of rotatable bonds is 3. The highest BCUT2D eigenvalue weighted by atomic mass is 32.1. The van der Waals surface area contributed by atoms with Crippen molar-refractivity contribution in [3.63, 3.8) is 0 Å². The Morgan fingerprint density at radius 3 is 2.56 bits per heavy atom. The molecular formula is C19H28N4OS. The molecule has 0 bridgehead atoms. The Morgan fingerprint density at radius 1 is 1.32 bits per heavy atom. The summed E-state index contributed by atoms with van der Waals surface area (Å²) in [7, 11) is 1.93. The zero-order chi connectivity index (χ0) is 18.0. The van der Waals surface area contributed by atoms with Crippen LogP contribution in [0.3, 0.4) is 0 Å². The summed E-state index contributed by atoms with van der Waals surface area (Å²) in [4.78, 5) is 16.9. The molecule has 1 aromatic rings. The van der Waals surface area contributed by atoms with Gasteiger partial charge in [-0.25, -0.2) is 0 Å². The second-order valence-corrected chi connectivity index (χ2v) is 7.79. The van der Waals surface area contributed by atoms with Gasteiger partial charge in [-0.1, -0.05) is 30.3 Å². The summed E-state index contributed by atoms with van der Waals surface area (Å²) < 4.78 is 0. The molecule has 0 radical (unpaired) electrons. The number of hydrogen-bond acceptors (Lipinski definition) is 3. The number of carbonyl (C=O) groups is 1. The molecule has 1 unspecified atom stereocenters. The van der Waals surface area contributed by atoms with Crippen molar-refractivity contribution in [1.82, 2.24) is 20.4 Å². The molecule has 2 heterocycles. The van der Waals surface area contributed by atoms with E-state index < -0.39 is 0 Å². The van der Waals surface area contributed by atoms with Gasteiger partial charge in [-0.3, -0.25) is 10.1 Å². The third kappa shape index (κ3) is 3.80. The van der Waals surface area contributed by atoms with Gasteiger partial charge in [-0.15, -0.1) is 0 Å². The van der Waals surface area contributed by atoms with Crippen molar-refractivity contribution in [2.45, 2.75) is 50.9 Å². The number of amides is 1. The number of nitrogens with one attached hydrogen (secondary N) is 2. The minimum absolute atomic E-state index is 0.139.